The van der Waals surface area contributed by atoms with Gasteiger partial charge in [-0.3, -0.25) is 0 Å². The van der Waals surface area contributed by atoms with E-state index in [0.717, 1.165) is 0 Å². The van der Waals surface area contributed by atoms with Gasteiger partial charge in [0.15, 0.2) is 0 Å². The number of benzene rings is 9. The highest BCUT2D eigenvalue weighted by atomic mass is 15.2. The van der Waals surface area contributed by atoms with Crippen LogP contribution in [0.3, 0.4) is 0 Å². The lowest BCUT2D eigenvalue weighted by Gasteiger charge is -2.33. The molecular formula is C58H41N. The van der Waals surface area contributed by atoms with E-state index in [1.807, 2.05) is 0 Å². The highest BCUT2D eigenvalue weighted by Gasteiger charge is 2.46. The molecule has 1 heteroatoms. The molecule has 0 amide bonds. The third kappa shape index (κ3) is 4.56. The van der Waals surface area contributed by atoms with Gasteiger partial charge in [0.25, 0.3) is 0 Å². The van der Waals surface area contributed by atoms with Gasteiger partial charge in [0.1, 0.15) is 0 Å². The summed E-state index contributed by atoms with van der Waals surface area (Å²) in [6, 6.07) is 68.7. The first-order chi connectivity index (χ1) is 29.0. The smallest absolute Gasteiger partial charge is 0.0632 e. The van der Waals surface area contributed by atoms with E-state index in [2.05, 4.69) is 213 Å². The highest BCUT2D eigenvalue weighted by molar-refractivity contribution is 6.26. The van der Waals surface area contributed by atoms with E-state index in [-0.39, 0.29) is 23.3 Å². The molecule has 9 aromatic carbocycles. The van der Waals surface area contributed by atoms with Crippen molar-refractivity contribution in [3.8, 4) is 22.3 Å². The molecule has 0 fully saturated rings. The first-order valence-electron chi connectivity index (χ1n) is 21.1. The first-order valence-corrected chi connectivity index (χ1v) is 21.1. The van der Waals surface area contributed by atoms with E-state index < -0.39 is 0 Å². The number of anilines is 2. The lowest BCUT2D eigenvalue weighted by atomic mass is 9.77. The molecule has 4 aliphatic rings. The number of rotatable bonds is 3. The minimum Gasteiger partial charge on any atom is -0.333 e. The van der Waals surface area contributed by atoms with Gasteiger partial charge in [-0.2, -0.15) is 0 Å². The van der Waals surface area contributed by atoms with Crippen LogP contribution in [0.5, 0.6) is 0 Å². The Balaban J connectivity index is 0.974. The molecule has 3 unspecified atom stereocenters. The van der Waals surface area contributed by atoms with Crippen molar-refractivity contribution < 1.29 is 0 Å². The van der Waals surface area contributed by atoms with Crippen molar-refractivity contribution in [3.05, 3.63) is 233 Å². The summed E-state index contributed by atoms with van der Waals surface area (Å²) in [4.78, 5) is 2.65. The zero-order valence-electron chi connectivity index (χ0n) is 33.2. The molecule has 3 atom stereocenters. The summed E-state index contributed by atoms with van der Waals surface area (Å²) < 4.78 is 0. The standard InChI is InChI=1S/C58H41N/c1-58(2)53-23-13-12-21-44(53)50-32-52-51-31-48-41-18-8-6-16-39(41)40-17-7-9-19-42(40)49(48)33-55(51)59(56(52)34-54(50)58)38-27-24-35(25-28-38)37-26-29-46-47(30-37)43-20-10-11-22-45(43)57(46)36-14-4-3-5-15-36/h3-34,52,56-57H,1-2H3. The average molecular weight is 752 g/mol. The second-order valence-electron chi connectivity index (χ2n) is 17.5. The van der Waals surface area contributed by atoms with E-state index in [1.165, 1.54) is 110 Å². The SMILES string of the molecule is CC1(C)C2=CC3C(C=C2c2ccccc21)c1cc2c4ccccc4c4ccccc4c2cc1N3c1ccc(-c2ccc3c(c2)-c2ccccc2C3c2ccccc2)cc1. The van der Waals surface area contributed by atoms with Crippen molar-refractivity contribution in [2.75, 3.05) is 4.90 Å². The maximum atomic E-state index is 2.65. The molecule has 13 rings (SSSR count). The lowest BCUT2D eigenvalue weighted by molar-refractivity contribution is 0.639. The van der Waals surface area contributed by atoms with Crippen LogP contribution in [0.15, 0.2) is 200 Å². The van der Waals surface area contributed by atoms with Crippen molar-refractivity contribution in [2.24, 2.45) is 0 Å². The van der Waals surface area contributed by atoms with Crippen molar-refractivity contribution in [3.63, 3.8) is 0 Å². The van der Waals surface area contributed by atoms with Crippen LogP contribution >= 0.6 is 0 Å². The number of nitrogens with zero attached hydrogens (tertiary/aromatic N) is 1. The molecule has 3 aliphatic carbocycles. The molecule has 0 radical (unpaired) electrons. The van der Waals surface area contributed by atoms with Gasteiger partial charge in [-0.25, -0.2) is 0 Å². The topological polar surface area (TPSA) is 3.24 Å². The van der Waals surface area contributed by atoms with E-state index in [0.29, 0.717) is 0 Å². The molecule has 0 N–H and O–H groups in total. The largest absolute Gasteiger partial charge is 0.333 e. The molecule has 278 valence electrons. The Morgan fingerprint density at radius 2 is 1.03 bits per heavy atom. The fourth-order valence-electron chi connectivity index (χ4n) is 11.5. The van der Waals surface area contributed by atoms with Gasteiger partial charge in [-0.1, -0.05) is 178 Å². The molecule has 9 aromatic rings. The van der Waals surface area contributed by atoms with Gasteiger partial charge in [0, 0.05) is 28.6 Å². The number of hydrogen-bond acceptors (Lipinski definition) is 1. The zero-order chi connectivity index (χ0) is 39.0. The van der Waals surface area contributed by atoms with E-state index in [9.17, 15) is 0 Å². The van der Waals surface area contributed by atoms with Crippen LogP contribution in [-0.4, -0.2) is 6.04 Å². The van der Waals surface area contributed by atoms with E-state index >= 15 is 0 Å². The van der Waals surface area contributed by atoms with Crippen molar-refractivity contribution in [1.29, 1.82) is 0 Å². The molecule has 0 aromatic heterocycles. The number of allylic oxidation sites excluding steroid dienone is 2. The molecule has 0 spiro atoms. The predicted octanol–water partition coefficient (Wildman–Crippen LogP) is 14.9. The molecule has 1 heterocycles. The molecule has 0 saturated carbocycles. The molecule has 0 bridgehead atoms. The highest BCUT2D eigenvalue weighted by Crippen LogP contribution is 2.58. The fourth-order valence-corrected chi connectivity index (χ4v) is 11.5. The Morgan fingerprint density at radius 3 is 1.78 bits per heavy atom. The Labute approximate surface area is 345 Å². The van der Waals surface area contributed by atoms with Gasteiger partial charge >= 0.3 is 0 Å². The Kier molecular flexibility index (Phi) is 6.74. The van der Waals surface area contributed by atoms with Crippen molar-refractivity contribution in [2.45, 2.75) is 37.1 Å². The summed E-state index contributed by atoms with van der Waals surface area (Å²) in [6.07, 6.45) is 5.23. The van der Waals surface area contributed by atoms with Crippen LogP contribution in [-0.2, 0) is 5.41 Å². The zero-order valence-corrected chi connectivity index (χ0v) is 33.2. The van der Waals surface area contributed by atoms with Gasteiger partial charge < -0.3 is 4.90 Å². The van der Waals surface area contributed by atoms with Crippen LogP contribution in [0.1, 0.15) is 59.1 Å². The molecule has 1 aliphatic heterocycles. The summed E-state index contributed by atoms with van der Waals surface area (Å²) in [5.41, 5.74) is 18.8. The second-order valence-corrected chi connectivity index (χ2v) is 17.5. The quantitative estimate of drug-likeness (QED) is 0.163. The molecule has 0 saturated heterocycles. The van der Waals surface area contributed by atoms with Gasteiger partial charge in [0.2, 0.25) is 0 Å². The maximum Gasteiger partial charge on any atom is 0.0632 e. The Morgan fingerprint density at radius 1 is 0.441 bits per heavy atom. The molecule has 1 nitrogen and oxygen atoms in total. The Hall–Kier alpha value is -6.96. The van der Waals surface area contributed by atoms with Gasteiger partial charge in [-0.05, 0) is 129 Å². The van der Waals surface area contributed by atoms with Crippen LogP contribution in [0.4, 0.5) is 11.4 Å². The summed E-state index contributed by atoms with van der Waals surface area (Å²) >= 11 is 0. The molecular weight excluding hydrogens is 711 g/mol. The Bertz CT molecular complexity index is 3310. The minimum atomic E-state index is -0.0689. The summed E-state index contributed by atoms with van der Waals surface area (Å²) in [5, 5.41) is 7.91. The lowest BCUT2D eigenvalue weighted by Crippen LogP contribution is -2.31. The second kappa shape index (κ2) is 12.0. The average Bonchev–Trinajstić information content (AvgIpc) is 3.87. The van der Waals surface area contributed by atoms with E-state index in [1.54, 1.807) is 0 Å². The summed E-state index contributed by atoms with van der Waals surface area (Å²) in [6.45, 7) is 4.81. The van der Waals surface area contributed by atoms with Crippen molar-refractivity contribution >= 4 is 49.3 Å². The minimum absolute atomic E-state index is 0.0689. The van der Waals surface area contributed by atoms with Gasteiger partial charge in [0.05, 0.1) is 6.04 Å². The van der Waals surface area contributed by atoms with Crippen LogP contribution in [0.25, 0.3) is 60.1 Å². The van der Waals surface area contributed by atoms with Crippen LogP contribution in [0.2, 0.25) is 0 Å². The van der Waals surface area contributed by atoms with Crippen molar-refractivity contribution in [1.82, 2.24) is 0 Å². The van der Waals surface area contributed by atoms with Crippen LogP contribution in [0, 0.1) is 0 Å². The van der Waals surface area contributed by atoms with E-state index in [4.69, 9.17) is 0 Å². The number of fused-ring (bicyclic) bond motifs is 15. The fraction of sp³-hybridized carbons (Fsp3) is 0.103. The molecule has 59 heavy (non-hydrogen) atoms. The number of hydrogen-bond donors (Lipinski definition) is 0. The summed E-state index contributed by atoms with van der Waals surface area (Å²) in [7, 11) is 0. The normalized spacial score (nSPS) is 19.2. The van der Waals surface area contributed by atoms with Crippen LogP contribution < -0.4 is 4.90 Å². The third-order valence-corrected chi connectivity index (χ3v) is 14.3. The third-order valence-electron chi connectivity index (χ3n) is 14.3. The maximum absolute atomic E-state index is 2.65. The summed E-state index contributed by atoms with van der Waals surface area (Å²) in [5.74, 6) is 0.472. The predicted molar refractivity (Wildman–Crippen MR) is 248 cm³/mol. The monoisotopic (exact) mass is 751 g/mol. The first kappa shape index (κ1) is 33.1. The van der Waals surface area contributed by atoms with Gasteiger partial charge in [-0.15, -0.1) is 0 Å².